The first kappa shape index (κ1) is 17.0. The molecule has 0 radical (unpaired) electrons. The number of aromatic nitrogens is 4. The van der Waals surface area contributed by atoms with E-state index in [-0.39, 0.29) is 11.5 Å². The Bertz CT molecular complexity index is 945. The van der Waals surface area contributed by atoms with Gasteiger partial charge in [-0.15, -0.1) is 11.3 Å². The summed E-state index contributed by atoms with van der Waals surface area (Å²) in [6.07, 6.45) is 3.32. The molecule has 0 aliphatic rings. The van der Waals surface area contributed by atoms with Crippen LogP contribution >= 0.6 is 11.3 Å². The number of anilines is 1. The Labute approximate surface area is 148 Å². The molecule has 0 fully saturated rings. The maximum absolute atomic E-state index is 12.5. The minimum absolute atomic E-state index is 0.341. The molecule has 1 atom stereocenters. The molecule has 3 aromatic heterocycles. The summed E-state index contributed by atoms with van der Waals surface area (Å²) in [6.45, 7) is 5.45. The molecular weight excluding hydrogens is 338 g/mol. The lowest BCUT2D eigenvalue weighted by Gasteiger charge is -2.14. The highest BCUT2D eigenvalue weighted by atomic mass is 32.1. The Morgan fingerprint density at radius 2 is 2.08 bits per heavy atom. The van der Waals surface area contributed by atoms with Gasteiger partial charge in [-0.1, -0.05) is 0 Å². The van der Waals surface area contributed by atoms with E-state index in [1.807, 2.05) is 19.9 Å². The third kappa shape index (κ3) is 3.63. The summed E-state index contributed by atoms with van der Waals surface area (Å²) in [5.41, 5.74) is 1.88. The Morgan fingerprint density at radius 1 is 1.28 bits per heavy atom. The molecule has 3 heterocycles. The van der Waals surface area contributed by atoms with E-state index in [0.717, 1.165) is 16.1 Å². The van der Waals surface area contributed by atoms with Crippen LogP contribution in [-0.4, -0.2) is 25.7 Å². The van der Waals surface area contributed by atoms with Gasteiger partial charge in [0.05, 0.1) is 11.4 Å². The van der Waals surface area contributed by atoms with Crippen LogP contribution in [0.15, 0.2) is 41.5 Å². The molecule has 0 spiro atoms. The summed E-state index contributed by atoms with van der Waals surface area (Å²) in [4.78, 5) is 34.0. The third-order valence-corrected chi connectivity index (χ3v) is 4.78. The smallest absolute Gasteiger partial charge is 0.267 e. The largest absolute Gasteiger partial charge is 0.300 e. The number of hydrogen-bond donors (Lipinski definition) is 1. The molecule has 0 saturated carbocycles. The van der Waals surface area contributed by atoms with Crippen LogP contribution in [0.2, 0.25) is 0 Å². The molecule has 0 aliphatic carbocycles. The predicted octanol–water partition coefficient (Wildman–Crippen LogP) is 2.58. The zero-order valence-electron chi connectivity index (χ0n) is 14.1. The lowest BCUT2D eigenvalue weighted by Crippen LogP contribution is -2.33. The number of rotatable bonds is 4. The molecular formula is C17H17N5O2S. The van der Waals surface area contributed by atoms with Crippen LogP contribution in [0.3, 0.4) is 0 Å². The van der Waals surface area contributed by atoms with E-state index in [1.165, 1.54) is 22.1 Å². The molecule has 1 N–H and O–H groups in total. The van der Waals surface area contributed by atoms with Crippen LogP contribution < -0.4 is 10.9 Å². The maximum Gasteiger partial charge on any atom is 0.267 e. The molecule has 8 heteroatoms. The molecule has 0 bridgehead atoms. The Morgan fingerprint density at radius 3 is 2.72 bits per heavy atom. The molecule has 1 amide bonds. The van der Waals surface area contributed by atoms with Gasteiger partial charge in [-0.2, -0.15) is 5.10 Å². The number of pyridine rings is 1. The van der Waals surface area contributed by atoms with Crippen molar-refractivity contribution in [1.29, 1.82) is 0 Å². The topological polar surface area (TPSA) is 89.8 Å². The fourth-order valence-electron chi connectivity index (χ4n) is 2.22. The fraction of sp³-hybridized carbons (Fsp3) is 0.235. The van der Waals surface area contributed by atoms with E-state index in [2.05, 4.69) is 20.4 Å². The zero-order valence-corrected chi connectivity index (χ0v) is 14.9. The number of aryl methyl sites for hydroxylation is 2. The van der Waals surface area contributed by atoms with E-state index in [9.17, 15) is 9.59 Å². The lowest BCUT2D eigenvalue weighted by molar-refractivity contribution is -0.119. The molecule has 0 aromatic carbocycles. The van der Waals surface area contributed by atoms with Crippen molar-refractivity contribution in [1.82, 2.24) is 19.7 Å². The van der Waals surface area contributed by atoms with Gasteiger partial charge in [0.15, 0.2) is 5.13 Å². The van der Waals surface area contributed by atoms with Crippen molar-refractivity contribution in [2.45, 2.75) is 26.8 Å². The number of carbonyl (C=O) groups is 1. The SMILES string of the molecule is Cc1nc(NC(=O)C(C)n2nc(-c3cccnc3)ccc2=O)sc1C. The first-order valence-electron chi connectivity index (χ1n) is 7.71. The zero-order chi connectivity index (χ0) is 18.0. The summed E-state index contributed by atoms with van der Waals surface area (Å²) >= 11 is 1.40. The van der Waals surface area contributed by atoms with Crippen molar-refractivity contribution in [3.8, 4) is 11.3 Å². The van der Waals surface area contributed by atoms with Crippen LogP contribution in [0.25, 0.3) is 11.3 Å². The maximum atomic E-state index is 12.5. The number of nitrogens with zero attached hydrogens (tertiary/aromatic N) is 4. The number of carbonyl (C=O) groups excluding carboxylic acids is 1. The van der Waals surface area contributed by atoms with Gasteiger partial charge in [-0.25, -0.2) is 9.67 Å². The average Bonchev–Trinajstić information content (AvgIpc) is 2.93. The van der Waals surface area contributed by atoms with E-state index in [1.54, 1.807) is 31.5 Å². The third-order valence-electron chi connectivity index (χ3n) is 3.79. The number of amides is 1. The van der Waals surface area contributed by atoms with Gasteiger partial charge in [-0.05, 0) is 39.0 Å². The minimum atomic E-state index is -0.770. The van der Waals surface area contributed by atoms with Crippen LogP contribution in [0.5, 0.6) is 0 Å². The van der Waals surface area contributed by atoms with E-state index >= 15 is 0 Å². The monoisotopic (exact) mass is 355 g/mol. The second-order valence-corrected chi connectivity index (χ2v) is 6.77. The number of hydrogen-bond acceptors (Lipinski definition) is 6. The van der Waals surface area contributed by atoms with Crippen molar-refractivity contribution < 1.29 is 4.79 Å². The van der Waals surface area contributed by atoms with Crippen molar-refractivity contribution in [3.05, 3.63) is 57.6 Å². The molecule has 3 rings (SSSR count). The quantitative estimate of drug-likeness (QED) is 0.777. The number of nitrogens with one attached hydrogen (secondary N) is 1. The van der Waals surface area contributed by atoms with Gasteiger partial charge in [0.25, 0.3) is 11.5 Å². The molecule has 25 heavy (non-hydrogen) atoms. The molecule has 128 valence electrons. The predicted molar refractivity (Wildman–Crippen MR) is 96.7 cm³/mol. The van der Waals surface area contributed by atoms with Crippen molar-refractivity contribution >= 4 is 22.4 Å². The fourth-order valence-corrected chi connectivity index (χ4v) is 3.04. The van der Waals surface area contributed by atoms with Crippen molar-refractivity contribution in [2.24, 2.45) is 0 Å². The Hall–Kier alpha value is -2.87. The van der Waals surface area contributed by atoms with Crippen molar-refractivity contribution in [2.75, 3.05) is 5.32 Å². The van der Waals surface area contributed by atoms with E-state index in [0.29, 0.717) is 10.8 Å². The number of thiazole rings is 1. The first-order chi connectivity index (χ1) is 12.0. The summed E-state index contributed by atoms with van der Waals surface area (Å²) in [7, 11) is 0. The van der Waals surface area contributed by atoms with Gasteiger partial charge in [0.1, 0.15) is 6.04 Å². The highest BCUT2D eigenvalue weighted by Crippen LogP contribution is 2.22. The van der Waals surface area contributed by atoms with Crippen LogP contribution in [0.4, 0.5) is 5.13 Å². The summed E-state index contributed by atoms with van der Waals surface area (Å²) < 4.78 is 1.17. The second-order valence-electron chi connectivity index (χ2n) is 5.57. The Balaban J connectivity index is 1.87. The van der Waals surface area contributed by atoms with Crippen LogP contribution in [-0.2, 0) is 4.79 Å². The van der Waals surface area contributed by atoms with Gasteiger partial charge in [-0.3, -0.25) is 14.6 Å². The Kier molecular flexibility index (Phi) is 4.71. The van der Waals surface area contributed by atoms with E-state index in [4.69, 9.17) is 0 Å². The summed E-state index contributed by atoms with van der Waals surface area (Å²) in [5, 5.41) is 7.58. The second kappa shape index (κ2) is 6.94. The van der Waals surface area contributed by atoms with Gasteiger partial charge >= 0.3 is 0 Å². The highest BCUT2D eigenvalue weighted by Gasteiger charge is 2.19. The molecule has 3 aromatic rings. The standard InChI is InChI=1S/C17H17N5O2S/c1-10-12(3)25-17(19-10)20-16(24)11(2)22-15(23)7-6-14(21-22)13-5-4-8-18-9-13/h4-9,11H,1-3H3,(H,19,20,24). The molecule has 1 unspecified atom stereocenters. The lowest BCUT2D eigenvalue weighted by atomic mass is 10.2. The van der Waals surface area contributed by atoms with Crippen LogP contribution in [0.1, 0.15) is 23.5 Å². The van der Waals surface area contributed by atoms with E-state index < -0.39 is 6.04 Å². The van der Waals surface area contributed by atoms with Crippen LogP contribution in [0, 0.1) is 13.8 Å². The molecule has 0 aliphatic heterocycles. The first-order valence-corrected chi connectivity index (χ1v) is 8.52. The molecule has 7 nitrogen and oxygen atoms in total. The summed E-state index contributed by atoms with van der Waals surface area (Å²) in [6, 6.07) is 5.88. The van der Waals surface area contributed by atoms with Gasteiger partial charge in [0, 0.05) is 28.9 Å². The highest BCUT2D eigenvalue weighted by molar-refractivity contribution is 7.15. The summed E-state index contributed by atoms with van der Waals surface area (Å²) in [5.74, 6) is -0.341. The normalized spacial score (nSPS) is 12.0. The van der Waals surface area contributed by atoms with Gasteiger partial charge < -0.3 is 5.32 Å². The average molecular weight is 355 g/mol. The van der Waals surface area contributed by atoms with Gasteiger partial charge in [0.2, 0.25) is 0 Å². The van der Waals surface area contributed by atoms with Crippen molar-refractivity contribution in [3.63, 3.8) is 0 Å². The molecule has 0 saturated heterocycles. The minimum Gasteiger partial charge on any atom is -0.300 e.